The average molecular weight is 249 g/mol. The Morgan fingerprint density at radius 1 is 1.39 bits per heavy atom. The van der Waals surface area contributed by atoms with Crippen LogP contribution in [0.2, 0.25) is 0 Å². The van der Waals surface area contributed by atoms with E-state index in [9.17, 15) is 4.39 Å². The molecular weight excluding hydrogens is 229 g/mol. The summed E-state index contributed by atoms with van der Waals surface area (Å²) in [5, 5.41) is 0. The largest absolute Gasteiger partial charge is 0.381 e. The lowest BCUT2D eigenvalue weighted by Crippen LogP contribution is -2.27. The predicted molar refractivity (Wildman–Crippen MR) is 68.9 cm³/mol. The molecule has 0 radical (unpaired) electrons. The zero-order valence-electron chi connectivity index (χ0n) is 10.9. The van der Waals surface area contributed by atoms with Gasteiger partial charge in [-0.05, 0) is 49.6 Å². The van der Waals surface area contributed by atoms with E-state index in [4.69, 9.17) is 4.74 Å². The second-order valence-corrected chi connectivity index (χ2v) is 5.83. The van der Waals surface area contributed by atoms with E-state index < -0.39 is 0 Å². The molecule has 1 aromatic carbocycles. The topological polar surface area (TPSA) is 12.5 Å². The van der Waals surface area contributed by atoms with Gasteiger partial charge in [0.05, 0.1) is 6.61 Å². The van der Waals surface area contributed by atoms with Gasteiger partial charge >= 0.3 is 0 Å². The molecule has 1 atom stereocenters. The van der Waals surface area contributed by atoms with Crippen molar-refractivity contribution >= 4 is 0 Å². The van der Waals surface area contributed by atoms with Crippen LogP contribution in [0, 0.1) is 18.2 Å². The highest BCUT2D eigenvalue weighted by atomic mass is 19.1. The van der Waals surface area contributed by atoms with Gasteiger partial charge < -0.3 is 4.74 Å². The highest BCUT2D eigenvalue weighted by Gasteiger charge is 2.41. The van der Waals surface area contributed by atoms with Crippen LogP contribution in [-0.2, 0) is 11.3 Å². The van der Waals surface area contributed by atoms with Gasteiger partial charge in [-0.3, -0.25) is 4.90 Å². The van der Waals surface area contributed by atoms with Crippen molar-refractivity contribution in [2.45, 2.75) is 26.3 Å². The summed E-state index contributed by atoms with van der Waals surface area (Å²) in [5.74, 6) is -0.140. The Labute approximate surface area is 108 Å². The lowest BCUT2D eigenvalue weighted by atomic mass is 9.87. The van der Waals surface area contributed by atoms with Crippen LogP contribution in [0.4, 0.5) is 4.39 Å². The van der Waals surface area contributed by atoms with Crippen molar-refractivity contribution in [3.8, 4) is 0 Å². The van der Waals surface area contributed by atoms with E-state index in [0.29, 0.717) is 5.41 Å². The van der Waals surface area contributed by atoms with Gasteiger partial charge in [0.2, 0.25) is 0 Å². The van der Waals surface area contributed by atoms with E-state index in [1.807, 2.05) is 13.0 Å². The SMILES string of the molecule is Cc1cc(F)ccc1CN1CC[C@@]2(CCOC2)C1. The van der Waals surface area contributed by atoms with Gasteiger partial charge in [-0.2, -0.15) is 0 Å². The second-order valence-electron chi connectivity index (χ2n) is 5.83. The molecule has 0 saturated carbocycles. The first-order chi connectivity index (χ1) is 8.67. The van der Waals surface area contributed by atoms with Crippen molar-refractivity contribution in [1.29, 1.82) is 0 Å². The monoisotopic (exact) mass is 249 g/mol. The van der Waals surface area contributed by atoms with E-state index >= 15 is 0 Å². The van der Waals surface area contributed by atoms with Crippen molar-refractivity contribution in [1.82, 2.24) is 4.90 Å². The first kappa shape index (κ1) is 12.1. The van der Waals surface area contributed by atoms with E-state index in [0.717, 1.165) is 38.4 Å². The summed E-state index contributed by atoms with van der Waals surface area (Å²) in [7, 11) is 0. The van der Waals surface area contributed by atoms with Crippen LogP contribution in [0.15, 0.2) is 18.2 Å². The molecule has 2 aliphatic heterocycles. The summed E-state index contributed by atoms with van der Waals surface area (Å²) in [6, 6.07) is 5.10. The van der Waals surface area contributed by atoms with Crippen molar-refractivity contribution in [2.24, 2.45) is 5.41 Å². The predicted octanol–water partition coefficient (Wildman–Crippen LogP) is 2.75. The Balaban J connectivity index is 1.67. The molecule has 3 heteroatoms. The summed E-state index contributed by atoms with van der Waals surface area (Å²) >= 11 is 0. The van der Waals surface area contributed by atoms with Crippen molar-refractivity contribution in [3.63, 3.8) is 0 Å². The molecule has 2 fully saturated rings. The summed E-state index contributed by atoms with van der Waals surface area (Å²) in [6.07, 6.45) is 2.44. The van der Waals surface area contributed by atoms with Crippen molar-refractivity contribution in [2.75, 3.05) is 26.3 Å². The smallest absolute Gasteiger partial charge is 0.123 e. The highest BCUT2D eigenvalue weighted by molar-refractivity contribution is 5.26. The number of ether oxygens (including phenoxy) is 1. The van der Waals surface area contributed by atoms with Gasteiger partial charge in [0.15, 0.2) is 0 Å². The van der Waals surface area contributed by atoms with E-state index in [2.05, 4.69) is 4.90 Å². The molecule has 98 valence electrons. The zero-order valence-corrected chi connectivity index (χ0v) is 10.9. The molecule has 1 aromatic rings. The van der Waals surface area contributed by atoms with Crippen LogP contribution in [-0.4, -0.2) is 31.2 Å². The lowest BCUT2D eigenvalue weighted by molar-refractivity contribution is 0.151. The third-order valence-corrected chi connectivity index (χ3v) is 4.40. The molecule has 2 aliphatic rings. The van der Waals surface area contributed by atoms with E-state index in [1.54, 1.807) is 12.1 Å². The maximum Gasteiger partial charge on any atom is 0.123 e. The Morgan fingerprint density at radius 2 is 2.28 bits per heavy atom. The molecule has 18 heavy (non-hydrogen) atoms. The normalized spacial score (nSPS) is 28.3. The lowest BCUT2D eigenvalue weighted by Gasteiger charge is -2.22. The Bertz CT molecular complexity index is 440. The standard InChI is InChI=1S/C15H20FNO/c1-12-8-14(16)3-2-13(12)9-17-6-4-15(10-17)5-7-18-11-15/h2-3,8H,4-7,9-11H2,1H3/t15-/m1/s1. The van der Waals surface area contributed by atoms with Gasteiger partial charge in [0.1, 0.15) is 5.82 Å². The number of likely N-dealkylation sites (tertiary alicyclic amines) is 1. The number of rotatable bonds is 2. The fourth-order valence-electron chi connectivity index (χ4n) is 3.21. The van der Waals surface area contributed by atoms with Gasteiger partial charge in [-0.15, -0.1) is 0 Å². The van der Waals surface area contributed by atoms with Crippen molar-refractivity contribution in [3.05, 3.63) is 35.1 Å². The van der Waals surface area contributed by atoms with Crippen LogP contribution < -0.4 is 0 Å². The number of aryl methyl sites for hydroxylation is 1. The minimum Gasteiger partial charge on any atom is -0.381 e. The Kier molecular flexibility index (Phi) is 3.12. The quantitative estimate of drug-likeness (QED) is 0.799. The molecule has 0 amide bonds. The average Bonchev–Trinajstić information content (AvgIpc) is 2.94. The van der Waals surface area contributed by atoms with Gasteiger partial charge in [-0.25, -0.2) is 4.39 Å². The number of hydrogen-bond acceptors (Lipinski definition) is 2. The third kappa shape index (κ3) is 2.29. The van der Waals surface area contributed by atoms with Crippen LogP contribution in [0.3, 0.4) is 0 Å². The van der Waals surface area contributed by atoms with E-state index in [-0.39, 0.29) is 5.82 Å². The number of benzene rings is 1. The summed E-state index contributed by atoms with van der Waals surface area (Å²) < 4.78 is 18.6. The minimum atomic E-state index is -0.140. The fraction of sp³-hybridized carbons (Fsp3) is 0.600. The summed E-state index contributed by atoms with van der Waals surface area (Å²) in [4.78, 5) is 2.48. The molecule has 0 bridgehead atoms. The summed E-state index contributed by atoms with van der Waals surface area (Å²) in [5.41, 5.74) is 2.71. The molecule has 2 saturated heterocycles. The van der Waals surface area contributed by atoms with Crippen molar-refractivity contribution < 1.29 is 9.13 Å². The van der Waals surface area contributed by atoms with Crippen LogP contribution in [0.1, 0.15) is 24.0 Å². The molecule has 0 aliphatic carbocycles. The van der Waals surface area contributed by atoms with Gasteiger partial charge in [-0.1, -0.05) is 6.07 Å². The first-order valence-corrected chi connectivity index (χ1v) is 6.72. The summed E-state index contributed by atoms with van der Waals surface area (Å²) in [6.45, 7) is 7.04. The maximum absolute atomic E-state index is 13.1. The molecule has 2 nitrogen and oxygen atoms in total. The number of nitrogens with zero attached hydrogens (tertiary/aromatic N) is 1. The zero-order chi connectivity index (χ0) is 12.6. The van der Waals surface area contributed by atoms with E-state index in [1.165, 1.54) is 18.4 Å². The van der Waals surface area contributed by atoms with Gasteiger partial charge in [0.25, 0.3) is 0 Å². The minimum absolute atomic E-state index is 0.140. The molecule has 0 aromatic heterocycles. The highest BCUT2D eigenvalue weighted by Crippen LogP contribution is 2.38. The molecule has 0 unspecified atom stereocenters. The van der Waals surface area contributed by atoms with Crippen LogP contribution in [0.5, 0.6) is 0 Å². The second kappa shape index (κ2) is 4.63. The number of hydrogen-bond donors (Lipinski definition) is 0. The van der Waals surface area contributed by atoms with Crippen LogP contribution >= 0.6 is 0 Å². The third-order valence-electron chi connectivity index (χ3n) is 4.40. The first-order valence-electron chi connectivity index (χ1n) is 6.72. The maximum atomic E-state index is 13.1. The Hall–Kier alpha value is -0.930. The molecular formula is C15H20FNO. The fourth-order valence-corrected chi connectivity index (χ4v) is 3.21. The molecule has 2 heterocycles. The Morgan fingerprint density at radius 3 is 3.00 bits per heavy atom. The molecule has 3 rings (SSSR count). The van der Waals surface area contributed by atoms with Gasteiger partial charge in [0, 0.05) is 25.1 Å². The van der Waals surface area contributed by atoms with Crippen LogP contribution in [0.25, 0.3) is 0 Å². The number of halogens is 1. The molecule has 1 spiro atoms. The molecule has 0 N–H and O–H groups in total.